The second-order valence-electron chi connectivity index (χ2n) is 7.48. The maximum absolute atomic E-state index is 11.7. The van der Waals surface area contributed by atoms with Gasteiger partial charge in [-0.05, 0) is 30.1 Å². The van der Waals surface area contributed by atoms with E-state index in [2.05, 4.69) is 0 Å². The van der Waals surface area contributed by atoms with E-state index in [0.717, 1.165) is 0 Å². The Morgan fingerprint density at radius 2 is 1.17 bits per heavy atom. The Labute approximate surface area is 141 Å². The number of hydrogen-bond donors (Lipinski definition) is 2. The molecule has 140 valence electrons. The summed E-state index contributed by atoms with van der Waals surface area (Å²) in [5.41, 5.74) is -2.29. The zero-order chi connectivity index (χ0) is 18.6. The van der Waals surface area contributed by atoms with Crippen LogP contribution in [0.4, 0.5) is 0 Å². The highest BCUT2D eigenvalue weighted by Crippen LogP contribution is 2.55. The van der Waals surface area contributed by atoms with Crippen LogP contribution < -0.4 is 0 Å². The molecule has 0 saturated carbocycles. The molecule has 3 unspecified atom stereocenters. The molecule has 2 N–H and O–H groups in total. The summed E-state index contributed by atoms with van der Waals surface area (Å²) >= 11 is 0. The average molecular weight is 372 g/mol. The normalized spacial score (nSPS) is 18.7. The van der Waals surface area contributed by atoms with Gasteiger partial charge in [0.15, 0.2) is 0 Å². The summed E-state index contributed by atoms with van der Waals surface area (Å²) in [7, 11) is -6.53. The van der Waals surface area contributed by atoms with Crippen molar-refractivity contribution >= 4 is 16.5 Å². The molecule has 8 heteroatoms. The van der Waals surface area contributed by atoms with Gasteiger partial charge in [0.25, 0.3) is 0 Å². The minimum Gasteiger partial charge on any atom is -0.326 e. The Balaban J connectivity index is 6.58. The smallest absolute Gasteiger partial charge is 0.317 e. The lowest BCUT2D eigenvalue weighted by Gasteiger charge is -2.56. The minimum absolute atomic E-state index is 0.153. The summed E-state index contributed by atoms with van der Waals surface area (Å²) in [6.45, 7) is 15.3. The van der Waals surface area contributed by atoms with Gasteiger partial charge in [-0.3, -0.25) is 9.13 Å². The fourth-order valence-corrected chi connectivity index (χ4v) is 5.68. The first-order valence-corrected chi connectivity index (χ1v) is 10.7. The molecular formula is C15H34O6P2. The Morgan fingerprint density at radius 1 is 0.783 bits per heavy atom. The summed E-state index contributed by atoms with van der Waals surface area (Å²) in [4.78, 5) is 19.1. The Kier molecular flexibility index (Phi) is 9.24. The lowest BCUT2D eigenvalue weighted by molar-refractivity contribution is -0.197. The van der Waals surface area contributed by atoms with Crippen molar-refractivity contribution in [3.8, 4) is 0 Å². The Bertz CT molecular complexity index is 414. The van der Waals surface area contributed by atoms with Crippen LogP contribution in [0.3, 0.4) is 0 Å². The van der Waals surface area contributed by atoms with Gasteiger partial charge in [-0.15, -0.1) is 0 Å². The first-order chi connectivity index (χ1) is 10.3. The van der Waals surface area contributed by atoms with Crippen LogP contribution in [0.1, 0.15) is 61.8 Å². The fourth-order valence-electron chi connectivity index (χ4n) is 3.96. The van der Waals surface area contributed by atoms with Gasteiger partial charge in [-0.25, -0.2) is 0 Å². The van der Waals surface area contributed by atoms with Crippen molar-refractivity contribution in [3.63, 3.8) is 0 Å². The second-order valence-corrected chi connectivity index (χ2v) is 8.95. The van der Waals surface area contributed by atoms with Gasteiger partial charge < -0.3 is 18.8 Å². The molecule has 0 saturated heterocycles. The van der Waals surface area contributed by atoms with E-state index in [0.29, 0.717) is 6.42 Å². The van der Waals surface area contributed by atoms with Crippen LogP contribution in [0.2, 0.25) is 0 Å². The van der Waals surface area contributed by atoms with E-state index in [4.69, 9.17) is 9.05 Å². The van der Waals surface area contributed by atoms with E-state index in [1.54, 1.807) is 0 Å². The SMILES string of the molecule is CC(C)CC(O[PH](=O)O)(C(C)C)C(O[PH](=O)O)(C(C)C)C(C)C. The number of rotatable bonds is 10. The van der Waals surface area contributed by atoms with Gasteiger partial charge in [0, 0.05) is 0 Å². The molecule has 6 nitrogen and oxygen atoms in total. The largest absolute Gasteiger partial charge is 0.326 e. The van der Waals surface area contributed by atoms with Crippen LogP contribution in [-0.4, -0.2) is 21.0 Å². The maximum atomic E-state index is 11.7. The van der Waals surface area contributed by atoms with Crippen molar-refractivity contribution in [2.75, 3.05) is 0 Å². The van der Waals surface area contributed by atoms with Gasteiger partial charge in [-0.1, -0.05) is 55.4 Å². The first kappa shape index (κ1) is 23.3. The summed E-state index contributed by atoms with van der Waals surface area (Å²) in [6, 6.07) is 0. The van der Waals surface area contributed by atoms with Crippen LogP contribution in [0.5, 0.6) is 0 Å². The quantitative estimate of drug-likeness (QED) is 0.556. The third kappa shape index (κ3) is 5.14. The summed E-state index contributed by atoms with van der Waals surface area (Å²) in [6.07, 6.45) is 0.452. The Hall–Kier alpha value is 0.300. The fraction of sp³-hybridized carbons (Fsp3) is 1.00. The van der Waals surface area contributed by atoms with E-state index in [1.165, 1.54) is 0 Å². The van der Waals surface area contributed by atoms with E-state index in [9.17, 15) is 18.9 Å². The second kappa shape index (κ2) is 9.12. The van der Waals surface area contributed by atoms with Crippen molar-refractivity contribution in [2.45, 2.75) is 73.0 Å². The van der Waals surface area contributed by atoms with E-state index in [1.807, 2.05) is 55.4 Å². The maximum Gasteiger partial charge on any atom is 0.317 e. The third-order valence-corrected chi connectivity index (χ3v) is 5.60. The van der Waals surface area contributed by atoms with Crippen LogP contribution >= 0.6 is 16.5 Å². The van der Waals surface area contributed by atoms with E-state index >= 15 is 0 Å². The highest BCUT2D eigenvalue weighted by Gasteiger charge is 2.60. The van der Waals surface area contributed by atoms with Crippen molar-refractivity contribution in [1.29, 1.82) is 0 Å². The molecule has 0 heterocycles. The molecule has 0 radical (unpaired) electrons. The molecule has 0 bridgehead atoms. The molecule has 0 rings (SSSR count). The predicted octanol–water partition coefficient (Wildman–Crippen LogP) is 4.28. The van der Waals surface area contributed by atoms with Gasteiger partial charge >= 0.3 is 16.5 Å². The molecule has 3 atom stereocenters. The zero-order valence-electron chi connectivity index (χ0n) is 15.5. The molecule has 0 aliphatic carbocycles. The third-order valence-electron chi connectivity index (χ3n) is 4.55. The van der Waals surface area contributed by atoms with Crippen molar-refractivity contribution in [3.05, 3.63) is 0 Å². The Morgan fingerprint density at radius 3 is 1.39 bits per heavy atom. The molecule has 0 aromatic heterocycles. The van der Waals surface area contributed by atoms with Crippen molar-refractivity contribution in [2.24, 2.45) is 23.7 Å². The lowest BCUT2D eigenvalue weighted by atomic mass is 9.61. The van der Waals surface area contributed by atoms with Crippen molar-refractivity contribution in [1.82, 2.24) is 0 Å². The summed E-state index contributed by atoms with van der Waals surface area (Å²) < 4.78 is 34.6. The average Bonchev–Trinajstić information content (AvgIpc) is 2.32. The van der Waals surface area contributed by atoms with E-state index < -0.39 is 27.7 Å². The molecule has 0 aromatic carbocycles. The van der Waals surface area contributed by atoms with Crippen LogP contribution in [0.25, 0.3) is 0 Å². The van der Waals surface area contributed by atoms with Gasteiger partial charge in [0.05, 0.1) is 0 Å². The van der Waals surface area contributed by atoms with Crippen molar-refractivity contribution < 1.29 is 28.0 Å². The lowest BCUT2D eigenvalue weighted by Crippen LogP contribution is -2.65. The highest BCUT2D eigenvalue weighted by molar-refractivity contribution is 7.32. The van der Waals surface area contributed by atoms with Gasteiger partial charge in [0.2, 0.25) is 0 Å². The summed E-state index contributed by atoms with van der Waals surface area (Å²) in [5.74, 6) is -0.408. The zero-order valence-corrected chi connectivity index (χ0v) is 17.5. The molecule has 0 aliphatic heterocycles. The highest BCUT2D eigenvalue weighted by atomic mass is 31.1. The first-order valence-electron chi connectivity index (χ1n) is 8.17. The van der Waals surface area contributed by atoms with Crippen LogP contribution in [-0.2, 0) is 18.2 Å². The molecule has 23 heavy (non-hydrogen) atoms. The van der Waals surface area contributed by atoms with Crippen LogP contribution in [0, 0.1) is 23.7 Å². The molecule has 0 spiro atoms. The van der Waals surface area contributed by atoms with Gasteiger partial charge in [-0.2, -0.15) is 0 Å². The predicted molar refractivity (Wildman–Crippen MR) is 94.0 cm³/mol. The standard InChI is InChI=1S/C15H34O6P2/c1-10(2)9-14(11(3)4,20-22(16)17)15(12(5)6,13(7)8)21-23(18)19/h10-13,22-23H,9H2,1-8H3,(H,16,17)(H,18,19). The number of hydrogen-bond acceptors (Lipinski definition) is 4. The molecule has 0 aromatic rings. The molecule has 0 fully saturated rings. The summed E-state index contributed by atoms with van der Waals surface area (Å²) in [5, 5.41) is 0. The molecule has 0 aliphatic rings. The van der Waals surface area contributed by atoms with E-state index in [-0.39, 0.29) is 23.7 Å². The van der Waals surface area contributed by atoms with Gasteiger partial charge in [0.1, 0.15) is 11.2 Å². The topological polar surface area (TPSA) is 93.1 Å². The monoisotopic (exact) mass is 372 g/mol. The molecule has 0 amide bonds. The van der Waals surface area contributed by atoms with Crippen LogP contribution in [0.15, 0.2) is 0 Å². The minimum atomic E-state index is -3.27. The molecular weight excluding hydrogens is 338 g/mol.